The first kappa shape index (κ1) is 25.8. The van der Waals surface area contributed by atoms with Crippen LogP contribution in [0.2, 0.25) is 0 Å². The molecule has 0 atom stereocenters. The van der Waals surface area contributed by atoms with E-state index >= 15 is 0 Å². The molecule has 0 N–H and O–H groups in total. The molecule has 0 fully saturated rings. The standard InChI is InChI=1S/C29H32O6/c1-2-3-4-5-9-19-32-26-17-15-23(16-18-26)29(31)35-27-14-10-11-24(22-27)28(30)34-21-20-33-25-12-7-6-8-13-25/h6-8,10-18,22H,2-5,9,19-21H2,1H3. The largest absolute Gasteiger partial charge is 0.494 e. The van der Waals surface area contributed by atoms with Crippen molar-refractivity contribution in [3.05, 3.63) is 90.0 Å². The summed E-state index contributed by atoms with van der Waals surface area (Å²) in [5.41, 5.74) is 0.684. The van der Waals surface area contributed by atoms with Gasteiger partial charge in [-0.1, -0.05) is 56.9 Å². The van der Waals surface area contributed by atoms with Gasteiger partial charge in [-0.2, -0.15) is 0 Å². The zero-order valence-corrected chi connectivity index (χ0v) is 20.1. The van der Waals surface area contributed by atoms with Gasteiger partial charge in [0, 0.05) is 0 Å². The van der Waals surface area contributed by atoms with E-state index < -0.39 is 11.9 Å². The first-order valence-corrected chi connectivity index (χ1v) is 12.1. The summed E-state index contributed by atoms with van der Waals surface area (Å²) >= 11 is 0. The highest BCUT2D eigenvalue weighted by Gasteiger charge is 2.12. The molecule has 0 saturated carbocycles. The van der Waals surface area contributed by atoms with Crippen molar-refractivity contribution in [1.82, 2.24) is 0 Å². The number of benzene rings is 3. The Labute approximate surface area is 206 Å². The number of para-hydroxylation sites is 1. The average Bonchev–Trinajstić information content (AvgIpc) is 2.89. The molecule has 0 aliphatic heterocycles. The van der Waals surface area contributed by atoms with Crippen molar-refractivity contribution in [2.75, 3.05) is 19.8 Å². The van der Waals surface area contributed by atoms with Gasteiger partial charge >= 0.3 is 11.9 Å². The summed E-state index contributed by atoms with van der Waals surface area (Å²) in [6, 6.07) is 22.5. The fourth-order valence-electron chi connectivity index (χ4n) is 3.33. The SMILES string of the molecule is CCCCCCCOc1ccc(C(=O)Oc2cccc(C(=O)OCCOc3ccccc3)c2)cc1. The normalized spacial score (nSPS) is 10.4. The summed E-state index contributed by atoms with van der Waals surface area (Å²) in [5.74, 6) is 0.656. The maximum Gasteiger partial charge on any atom is 0.343 e. The molecule has 3 rings (SSSR count). The number of hydrogen-bond acceptors (Lipinski definition) is 6. The van der Waals surface area contributed by atoms with E-state index in [1.165, 1.54) is 25.3 Å². The predicted octanol–water partition coefficient (Wildman–Crippen LogP) is 6.49. The van der Waals surface area contributed by atoms with Gasteiger partial charge in [0.2, 0.25) is 0 Å². The molecular formula is C29H32O6. The zero-order valence-electron chi connectivity index (χ0n) is 20.1. The molecule has 0 saturated heterocycles. The second kappa shape index (κ2) is 14.5. The van der Waals surface area contributed by atoms with E-state index in [2.05, 4.69) is 6.92 Å². The Bertz CT molecular complexity index is 1050. The van der Waals surface area contributed by atoms with Crippen molar-refractivity contribution in [2.45, 2.75) is 39.0 Å². The molecule has 0 bridgehead atoms. The summed E-state index contributed by atoms with van der Waals surface area (Å²) in [6.07, 6.45) is 5.88. The van der Waals surface area contributed by atoms with Gasteiger partial charge < -0.3 is 18.9 Å². The average molecular weight is 477 g/mol. The number of ether oxygens (including phenoxy) is 4. The lowest BCUT2D eigenvalue weighted by Crippen LogP contribution is -2.13. The number of hydrogen-bond donors (Lipinski definition) is 0. The first-order chi connectivity index (χ1) is 17.2. The van der Waals surface area contributed by atoms with Crippen LogP contribution in [0.5, 0.6) is 17.2 Å². The second-order valence-electron chi connectivity index (χ2n) is 8.00. The van der Waals surface area contributed by atoms with E-state index in [0.29, 0.717) is 17.9 Å². The van der Waals surface area contributed by atoms with Crippen LogP contribution in [-0.4, -0.2) is 31.8 Å². The zero-order chi connectivity index (χ0) is 24.7. The summed E-state index contributed by atoms with van der Waals surface area (Å²) in [5, 5.41) is 0. The van der Waals surface area contributed by atoms with Crippen LogP contribution in [0.15, 0.2) is 78.9 Å². The van der Waals surface area contributed by atoms with Gasteiger partial charge in [0.15, 0.2) is 0 Å². The third-order valence-electron chi connectivity index (χ3n) is 5.22. The Morgan fingerprint density at radius 1 is 0.600 bits per heavy atom. The fraction of sp³-hybridized carbons (Fsp3) is 0.310. The number of carbonyl (C=O) groups excluding carboxylic acids is 2. The van der Waals surface area contributed by atoms with Crippen LogP contribution < -0.4 is 14.2 Å². The van der Waals surface area contributed by atoms with Gasteiger partial charge in [-0.05, 0) is 61.0 Å². The van der Waals surface area contributed by atoms with Crippen molar-refractivity contribution in [3.8, 4) is 17.2 Å². The van der Waals surface area contributed by atoms with E-state index in [1.807, 2.05) is 30.3 Å². The summed E-state index contributed by atoms with van der Waals surface area (Å²) in [6.45, 7) is 3.20. The molecule has 6 heteroatoms. The molecule has 3 aromatic rings. The molecule has 0 aliphatic carbocycles. The van der Waals surface area contributed by atoms with Gasteiger partial charge in [0.05, 0.1) is 17.7 Å². The molecule has 3 aromatic carbocycles. The Morgan fingerprint density at radius 2 is 1.29 bits per heavy atom. The van der Waals surface area contributed by atoms with Crippen molar-refractivity contribution >= 4 is 11.9 Å². The molecule has 0 amide bonds. The molecule has 184 valence electrons. The predicted molar refractivity (Wildman–Crippen MR) is 134 cm³/mol. The van der Waals surface area contributed by atoms with Gasteiger partial charge in [-0.25, -0.2) is 9.59 Å². The molecule has 0 unspecified atom stereocenters. The number of unbranched alkanes of at least 4 members (excludes halogenated alkanes) is 4. The van der Waals surface area contributed by atoms with Crippen LogP contribution in [-0.2, 0) is 4.74 Å². The van der Waals surface area contributed by atoms with E-state index in [4.69, 9.17) is 18.9 Å². The molecule has 6 nitrogen and oxygen atoms in total. The number of carbonyl (C=O) groups is 2. The summed E-state index contributed by atoms with van der Waals surface area (Å²) in [7, 11) is 0. The lowest BCUT2D eigenvalue weighted by molar-refractivity contribution is 0.0449. The lowest BCUT2D eigenvalue weighted by atomic mass is 10.2. The second-order valence-corrected chi connectivity index (χ2v) is 8.00. The van der Waals surface area contributed by atoms with E-state index in [1.54, 1.807) is 42.5 Å². The monoisotopic (exact) mass is 476 g/mol. The van der Waals surface area contributed by atoms with Crippen LogP contribution in [0, 0.1) is 0 Å². The molecule has 0 aliphatic rings. The van der Waals surface area contributed by atoms with E-state index in [0.717, 1.165) is 18.6 Å². The fourth-order valence-corrected chi connectivity index (χ4v) is 3.33. The smallest absolute Gasteiger partial charge is 0.343 e. The third-order valence-corrected chi connectivity index (χ3v) is 5.22. The molecule has 35 heavy (non-hydrogen) atoms. The number of esters is 2. The highest BCUT2D eigenvalue weighted by atomic mass is 16.6. The van der Waals surface area contributed by atoms with Gasteiger partial charge in [-0.3, -0.25) is 0 Å². The van der Waals surface area contributed by atoms with Gasteiger partial charge in [0.25, 0.3) is 0 Å². The maximum absolute atomic E-state index is 12.5. The quantitative estimate of drug-likeness (QED) is 0.150. The highest BCUT2D eigenvalue weighted by molar-refractivity contribution is 5.92. The van der Waals surface area contributed by atoms with Crippen LogP contribution in [0.4, 0.5) is 0 Å². The van der Waals surface area contributed by atoms with Crippen LogP contribution in [0.3, 0.4) is 0 Å². The van der Waals surface area contributed by atoms with Crippen LogP contribution in [0.25, 0.3) is 0 Å². The van der Waals surface area contributed by atoms with Crippen molar-refractivity contribution in [3.63, 3.8) is 0 Å². The first-order valence-electron chi connectivity index (χ1n) is 12.1. The number of rotatable bonds is 14. The Kier molecular flexibility index (Phi) is 10.7. The Morgan fingerprint density at radius 3 is 2.06 bits per heavy atom. The molecule has 0 spiro atoms. The molecule has 0 heterocycles. The van der Waals surface area contributed by atoms with E-state index in [-0.39, 0.29) is 24.5 Å². The Balaban J connectivity index is 1.43. The van der Waals surface area contributed by atoms with Gasteiger partial charge in [0.1, 0.15) is 30.5 Å². The highest BCUT2D eigenvalue weighted by Crippen LogP contribution is 2.18. The minimum atomic E-state index is -0.518. The lowest BCUT2D eigenvalue weighted by Gasteiger charge is -2.09. The van der Waals surface area contributed by atoms with Crippen molar-refractivity contribution in [2.24, 2.45) is 0 Å². The molecule has 0 radical (unpaired) electrons. The van der Waals surface area contributed by atoms with Crippen molar-refractivity contribution in [1.29, 1.82) is 0 Å². The minimum Gasteiger partial charge on any atom is -0.494 e. The maximum atomic E-state index is 12.5. The summed E-state index contributed by atoms with van der Waals surface area (Å²) in [4.78, 5) is 24.8. The molecule has 0 aromatic heterocycles. The minimum absolute atomic E-state index is 0.102. The van der Waals surface area contributed by atoms with Crippen LogP contribution >= 0.6 is 0 Å². The Hall–Kier alpha value is -3.80. The molecular weight excluding hydrogens is 444 g/mol. The van der Waals surface area contributed by atoms with Gasteiger partial charge in [-0.15, -0.1) is 0 Å². The van der Waals surface area contributed by atoms with Crippen molar-refractivity contribution < 1.29 is 28.5 Å². The third kappa shape index (κ3) is 9.16. The van der Waals surface area contributed by atoms with Crippen LogP contribution in [0.1, 0.15) is 59.7 Å². The summed E-state index contributed by atoms with van der Waals surface area (Å²) < 4.78 is 21.9. The topological polar surface area (TPSA) is 71.1 Å². The van der Waals surface area contributed by atoms with E-state index in [9.17, 15) is 9.59 Å².